The lowest BCUT2D eigenvalue weighted by Gasteiger charge is -2.22. The van der Waals surface area contributed by atoms with Gasteiger partial charge in [0.15, 0.2) is 0 Å². The Hall–Kier alpha value is -3.05. The highest BCUT2D eigenvalue weighted by Gasteiger charge is 2.37. The first-order chi connectivity index (χ1) is 16.0. The summed E-state index contributed by atoms with van der Waals surface area (Å²) in [4.78, 5) is 41.8. The van der Waals surface area contributed by atoms with Gasteiger partial charge in [-0.25, -0.2) is 9.78 Å². The normalized spacial score (nSPS) is 12.5. The van der Waals surface area contributed by atoms with Crippen LogP contribution in [0.3, 0.4) is 0 Å². The van der Waals surface area contributed by atoms with Crippen LogP contribution in [0.4, 0.5) is 23.7 Å². The molecule has 0 saturated heterocycles. The number of pyridine rings is 1. The predicted octanol–water partition coefficient (Wildman–Crippen LogP) is 5.50. The molecule has 1 atom stereocenters. The molecule has 0 spiro atoms. The minimum Gasteiger partial charge on any atom is -0.481 e. The van der Waals surface area contributed by atoms with Crippen molar-refractivity contribution in [3.8, 4) is 5.88 Å². The van der Waals surface area contributed by atoms with Gasteiger partial charge in [0.2, 0.25) is 17.6 Å². The van der Waals surface area contributed by atoms with Crippen molar-refractivity contribution in [2.24, 2.45) is 0 Å². The lowest BCUT2D eigenvalue weighted by Crippen LogP contribution is -2.44. The molecule has 1 aromatic carbocycles. The van der Waals surface area contributed by atoms with Gasteiger partial charge in [-0.3, -0.25) is 9.59 Å². The standard InChI is InChI=1S/C22H22Cl2F3N3O5/c1-10(28-20(33)35-21(2,3)4)19(32)29-13-8-6-11(22(25,26)27)16(24)15(13)18(31)17-12(23)7-9-14(30-17)34-5/h6-10H,1-5H3,(H,28,33)(H,29,32)/t10-/m0/s1. The van der Waals surface area contributed by atoms with Crippen LogP contribution in [0.1, 0.15) is 49.3 Å². The van der Waals surface area contributed by atoms with Crippen LogP contribution in [0.5, 0.6) is 5.88 Å². The van der Waals surface area contributed by atoms with E-state index in [0.29, 0.717) is 6.07 Å². The van der Waals surface area contributed by atoms with Gasteiger partial charge >= 0.3 is 12.3 Å². The molecule has 1 aromatic heterocycles. The van der Waals surface area contributed by atoms with E-state index in [-0.39, 0.29) is 16.6 Å². The fraction of sp³-hybridized carbons (Fsp3) is 0.364. The number of methoxy groups -OCH3 is 1. The molecule has 0 saturated carbocycles. The zero-order valence-electron chi connectivity index (χ0n) is 19.3. The molecule has 190 valence electrons. The first-order valence-electron chi connectivity index (χ1n) is 10.0. The highest BCUT2D eigenvalue weighted by Crippen LogP contribution is 2.40. The molecule has 0 aliphatic rings. The molecule has 2 amide bonds. The molecule has 13 heteroatoms. The number of alkyl halides is 3. The molecular weight excluding hydrogens is 514 g/mol. The fourth-order valence-electron chi connectivity index (χ4n) is 2.73. The highest BCUT2D eigenvalue weighted by atomic mass is 35.5. The predicted molar refractivity (Wildman–Crippen MR) is 123 cm³/mol. The number of carbonyl (C=O) groups is 3. The number of carbonyl (C=O) groups excluding carboxylic acids is 3. The number of ketones is 1. The largest absolute Gasteiger partial charge is 0.481 e. The summed E-state index contributed by atoms with van der Waals surface area (Å²) in [6, 6.07) is 2.91. The molecular formula is C22H22Cl2F3N3O5. The van der Waals surface area contributed by atoms with Gasteiger partial charge in [0, 0.05) is 6.07 Å². The van der Waals surface area contributed by atoms with Gasteiger partial charge < -0.3 is 20.1 Å². The van der Waals surface area contributed by atoms with Gasteiger partial charge in [-0.05, 0) is 45.9 Å². The molecule has 0 radical (unpaired) electrons. The monoisotopic (exact) mass is 535 g/mol. The van der Waals surface area contributed by atoms with Crippen LogP contribution < -0.4 is 15.4 Å². The summed E-state index contributed by atoms with van der Waals surface area (Å²) in [5, 5.41) is 3.46. The second-order valence-electron chi connectivity index (χ2n) is 8.22. The average Bonchev–Trinajstić information content (AvgIpc) is 2.71. The maximum absolute atomic E-state index is 13.5. The number of aromatic nitrogens is 1. The summed E-state index contributed by atoms with van der Waals surface area (Å²) >= 11 is 12.1. The summed E-state index contributed by atoms with van der Waals surface area (Å²) in [6.07, 6.45) is -5.79. The number of anilines is 1. The molecule has 8 nitrogen and oxygen atoms in total. The van der Waals surface area contributed by atoms with Crippen molar-refractivity contribution in [1.82, 2.24) is 10.3 Å². The number of rotatable bonds is 6. The Morgan fingerprint density at radius 3 is 2.23 bits per heavy atom. The molecule has 0 bridgehead atoms. The van der Waals surface area contributed by atoms with Gasteiger partial charge in [0.1, 0.15) is 17.3 Å². The molecule has 0 aliphatic heterocycles. The number of alkyl carbamates (subject to hydrolysis) is 1. The number of nitrogens with zero attached hydrogens (tertiary/aromatic N) is 1. The highest BCUT2D eigenvalue weighted by molar-refractivity contribution is 6.39. The maximum atomic E-state index is 13.5. The molecule has 1 heterocycles. The van der Waals surface area contributed by atoms with E-state index in [2.05, 4.69) is 15.6 Å². The van der Waals surface area contributed by atoms with E-state index < -0.39 is 57.4 Å². The van der Waals surface area contributed by atoms with Crippen molar-refractivity contribution in [3.63, 3.8) is 0 Å². The van der Waals surface area contributed by atoms with E-state index >= 15 is 0 Å². The third kappa shape index (κ3) is 7.22. The molecule has 2 N–H and O–H groups in total. The summed E-state index contributed by atoms with van der Waals surface area (Å²) < 4.78 is 50.5. The van der Waals surface area contributed by atoms with Gasteiger partial charge in [0.25, 0.3) is 0 Å². The van der Waals surface area contributed by atoms with Crippen LogP contribution in [-0.2, 0) is 15.7 Å². The molecule has 0 aliphatic carbocycles. The number of hydrogen-bond donors (Lipinski definition) is 2. The Morgan fingerprint density at radius 1 is 1.06 bits per heavy atom. The third-order valence-corrected chi connectivity index (χ3v) is 5.00. The van der Waals surface area contributed by atoms with Crippen molar-refractivity contribution in [3.05, 3.63) is 51.1 Å². The average molecular weight is 536 g/mol. The van der Waals surface area contributed by atoms with Crippen molar-refractivity contribution in [2.75, 3.05) is 12.4 Å². The number of amides is 2. The minimum atomic E-state index is -4.90. The summed E-state index contributed by atoms with van der Waals surface area (Å²) in [6.45, 7) is 6.18. The number of benzene rings is 1. The molecule has 0 unspecified atom stereocenters. The lowest BCUT2D eigenvalue weighted by molar-refractivity contribution is -0.137. The molecule has 2 rings (SSSR count). The number of nitrogens with one attached hydrogen (secondary N) is 2. The second-order valence-corrected chi connectivity index (χ2v) is 9.00. The van der Waals surface area contributed by atoms with Crippen LogP contribution >= 0.6 is 23.2 Å². The van der Waals surface area contributed by atoms with E-state index in [9.17, 15) is 27.6 Å². The number of halogens is 5. The zero-order chi connectivity index (χ0) is 26.7. The van der Waals surface area contributed by atoms with Gasteiger partial charge in [-0.1, -0.05) is 23.2 Å². The first-order valence-corrected chi connectivity index (χ1v) is 10.8. The van der Waals surface area contributed by atoms with Crippen molar-refractivity contribution < 1.29 is 37.0 Å². The number of hydrogen-bond acceptors (Lipinski definition) is 6. The first kappa shape index (κ1) is 28.2. The van der Waals surface area contributed by atoms with Crippen LogP contribution in [0.15, 0.2) is 24.3 Å². The van der Waals surface area contributed by atoms with Gasteiger partial charge in [0.05, 0.1) is 34.0 Å². The topological polar surface area (TPSA) is 107 Å². The van der Waals surface area contributed by atoms with E-state index in [0.717, 1.165) is 6.07 Å². The van der Waals surface area contributed by atoms with Crippen molar-refractivity contribution in [2.45, 2.75) is 45.5 Å². The Kier molecular flexibility index (Phi) is 8.61. The Bertz CT molecular complexity index is 1150. The van der Waals surface area contributed by atoms with E-state index in [1.807, 2.05) is 0 Å². The van der Waals surface area contributed by atoms with Crippen LogP contribution in [0.25, 0.3) is 0 Å². The SMILES string of the molecule is COc1ccc(Cl)c(C(=O)c2c(NC(=O)[C@H](C)NC(=O)OC(C)(C)C)ccc(C(F)(F)F)c2Cl)n1. The lowest BCUT2D eigenvalue weighted by atomic mass is 10.0. The van der Waals surface area contributed by atoms with Crippen LogP contribution in [0.2, 0.25) is 10.0 Å². The Balaban J connectivity index is 2.49. The second kappa shape index (κ2) is 10.7. The molecule has 35 heavy (non-hydrogen) atoms. The summed E-state index contributed by atoms with van der Waals surface area (Å²) in [5.41, 5.74) is -3.62. The fourth-order valence-corrected chi connectivity index (χ4v) is 3.28. The van der Waals surface area contributed by atoms with Crippen molar-refractivity contribution >= 4 is 46.7 Å². The molecule has 0 fully saturated rings. The minimum absolute atomic E-state index is 0.0263. The van der Waals surface area contributed by atoms with Crippen LogP contribution in [-0.4, -0.2) is 41.5 Å². The third-order valence-electron chi connectivity index (χ3n) is 4.30. The quantitative estimate of drug-likeness (QED) is 0.473. The zero-order valence-corrected chi connectivity index (χ0v) is 20.8. The Morgan fingerprint density at radius 2 is 1.69 bits per heavy atom. The Labute approximate surface area is 209 Å². The van der Waals surface area contributed by atoms with E-state index in [4.69, 9.17) is 32.7 Å². The van der Waals surface area contributed by atoms with Crippen LogP contribution in [0, 0.1) is 0 Å². The summed E-state index contributed by atoms with van der Waals surface area (Å²) in [5.74, 6) is -1.97. The van der Waals surface area contributed by atoms with E-state index in [1.54, 1.807) is 20.8 Å². The number of ether oxygens (including phenoxy) is 2. The molecule has 2 aromatic rings. The van der Waals surface area contributed by atoms with Crippen molar-refractivity contribution in [1.29, 1.82) is 0 Å². The maximum Gasteiger partial charge on any atom is 0.417 e. The van der Waals surface area contributed by atoms with Gasteiger partial charge in [-0.2, -0.15) is 13.2 Å². The van der Waals surface area contributed by atoms with E-state index in [1.165, 1.54) is 26.2 Å². The smallest absolute Gasteiger partial charge is 0.417 e. The summed E-state index contributed by atoms with van der Waals surface area (Å²) in [7, 11) is 1.27. The van der Waals surface area contributed by atoms with Gasteiger partial charge in [-0.15, -0.1) is 0 Å².